The van der Waals surface area contributed by atoms with Crippen molar-refractivity contribution in [1.82, 2.24) is 9.55 Å². The van der Waals surface area contributed by atoms with Gasteiger partial charge >= 0.3 is 6.03 Å². The number of benzene rings is 2. The Balaban J connectivity index is 1.45. The fourth-order valence-corrected chi connectivity index (χ4v) is 3.73. The molecular weight excluding hydrogens is 440 g/mol. The van der Waals surface area contributed by atoms with Crippen LogP contribution in [0.1, 0.15) is 30.4 Å². The summed E-state index contributed by atoms with van der Waals surface area (Å²) >= 11 is 0. The summed E-state index contributed by atoms with van der Waals surface area (Å²) in [5.74, 6) is 0.167. The highest BCUT2D eigenvalue weighted by Crippen LogP contribution is 2.19. The molecular formula is C28H26N4O3. The van der Waals surface area contributed by atoms with Crippen LogP contribution in [0.25, 0.3) is 11.3 Å². The Kier molecular flexibility index (Phi) is 7.47. The first-order chi connectivity index (χ1) is 17.0. The number of hydrogen-bond donors (Lipinski definition) is 2. The highest BCUT2D eigenvalue weighted by atomic mass is 16.2. The summed E-state index contributed by atoms with van der Waals surface area (Å²) in [6.07, 6.45) is 4.69. The van der Waals surface area contributed by atoms with Crippen molar-refractivity contribution >= 4 is 23.7 Å². The maximum Gasteiger partial charge on any atom is 0.323 e. The minimum atomic E-state index is -0.376. The van der Waals surface area contributed by atoms with Crippen molar-refractivity contribution in [2.75, 3.05) is 10.6 Å². The second kappa shape index (κ2) is 11.1. The Bertz CT molecular complexity index is 1350. The molecule has 176 valence electrons. The Hall–Kier alpha value is -4.52. The second-order valence-corrected chi connectivity index (χ2v) is 8.28. The fourth-order valence-electron chi connectivity index (χ4n) is 3.73. The van der Waals surface area contributed by atoms with Gasteiger partial charge in [-0.05, 0) is 53.4 Å². The van der Waals surface area contributed by atoms with E-state index in [-0.39, 0.29) is 17.5 Å². The molecule has 0 unspecified atom stereocenters. The molecule has 0 saturated carbocycles. The highest BCUT2D eigenvalue weighted by Gasteiger charge is 2.10. The number of nitrogens with zero attached hydrogens (tertiary/aromatic N) is 2. The van der Waals surface area contributed by atoms with Gasteiger partial charge in [0.05, 0.1) is 29.7 Å². The zero-order chi connectivity index (χ0) is 24.6. The number of hydrogen-bond acceptors (Lipinski definition) is 4. The van der Waals surface area contributed by atoms with E-state index in [9.17, 15) is 14.4 Å². The lowest BCUT2D eigenvalue weighted by molar-refractivity contribution is -0.108. The van der Waals surface area contributed by atoms with Crippen LogP contribution in [0.5, 0.6) is 0 Å². The minimum absolute atomic E-state index is 0.152. The third kappa shape index (κ3) is 6.09. The van der Waals surface area contributed by atoms with Crippen LogP contribution in [0.2, 0.25) is 0 Å². The lowest BCUT2D eigenvalue weighted by atomic mass is 9.97. The van der Waals surface area contributed by atoms with E-state index in [0.29, 0.717) is 35.6 Å². The molecule has 7 nitrogen and oxygen atoms in total. The molecule has 0 aliphatic carbocycles. The quantitative estimate of drug-likeness (QED) is 0.345. The van der Waals surface area contributed by atoms with Crippen molar-refractivity contribution in [2.45, 2.75) is 25.8 Å². The van der Waals surface area contributed by atoms with Gasteiger partial charge in [-0.1, -0.05) is 49.4 Å². The first kappa shape index (κ1) is 23.6. The maximum atomic E-state index is 13.1. The topological polar surface area (TPSA) is 93.1 Å². The van der Waals surface area contributed by atoms with Crippen LogP contribution in [0.3, 0.4) is 0 Å². The lowest BCUT2D eigenvalue weighted by Crippen LogP contribution is -2.22. The molecule has 2 aromatic carbocycles. The van der Waals surface area contributed by atoms with Crippen molar-refractivity contribution in [3.8, 4) is 11.3 Å². The van der Waals surface area contributed by atoms with Crippen molar-refractivity contribution < 1.29 is 9.59 Å². The Morgan fingerprint density at radius 3 is 2.37 bits per heavy atom. The third-order valence-electron chi connectivity index (χ3n) is 5.70. The predicted octanol–water partition coefficient (Wildman–Crippen LogP) is 5.30. The summed E-state index contributed by atoms with van der Waals surface area (Å²) in [6.45, 7) is 2.44. The summed E-state index contributed by atoms with van der Waals surface area (Å²) in [5, 5.41) is 5.48. The Labute approximate surface area is 203 Å². The van der Waals surface area contributed by atoms with Gasteiger partial charge in [-0.3, -0.25) is 9.78 Å². The molecule has 0 bridgehead atoms. The second-order valence-electron chi connectivity index (χ2n) is 8.28. The van der Waals surface area contributed by atoms with Gasteiger partial charge in [-0.15, -0.1) is 0 Å². The number of aldehydes is 1. The van der Waals surface area contributed by atoms with Gasteiger partial charge < -0.3 is 20.0 Å². The number of carbonyl (C=O) groups excluding carboxylic acids is 2. The molecule has 1 atom stereocenters. The zero-order valence-corrected chi connectivity index (χ0v) is 19.3. The molecule has 4 rings (SSSR count). The van der Waals surface area contributed by atoms with Crippen molar-refractivity contribution in [2.24, 2.45) is 0 Å². The van der Waals surface area contributed by atoms with E-state index >= 15 is 0 Å². The van der Waals surface area contributed by atoms with Crippen molar-refractivity contribution in [3.63, 3.8) is 0 Å². The van der Waals surface area contributed by atoms with E-state index in [0.717, 1.165) is 17.4 Å². The molecule has 0 saturated heterocycles. The summed E-state index contributed by atoms with van der Waals surface area (Å²) < 4.78 is 1.64. The molecule has 2 N–H and O–H groups in total. The number of para-hydroxylation sites is 1. The summed E-state index contributed by atoms with van der Waals surface area (Å²) in [7, 11) is 0. The zero-order valence-electron chi connectivity index (χ0n) is 19.3. The standard InChI is InChI=1S/C28H26N4O3/c1-20(15-17-33)22-11-9-21(10-12-22)19-32-16-5-8-25(27(32)34)26-14-13-24(18-29-26)31-28(35)30-23-6-3-2-4-7-23/h2-14,16-18,20H,15,19H2,1H3,(H2,30,31,35)/t20-/m1/s1. The van der Waals surface area contributed by atoms with E-state index in [1.54, 1.807) is 41.1 Å². The third-order valence-corrected chi connectivity index (χ3v) is 5.70. The van der Waals surface area contributed by atoms with E-state index in [4.69, 9.17) is 0 Å². The monoisotopic (exact) mass is 466 g/mol. The van der Waals surface area contributed by atoms with Crippen LogP contribution >= 0.6 is 0 Å². The first-order valence-electron chi connectivity index (χ1n) is 11.3. The summed E-state index contributed by atoms with van der Waals surface area (Å²) in [5.41, 5.74) is 4.13. The number of carbonyl (C=O) groups is 2. The summed E-state index contributed by atoms with van der Waals surface area (Å²) in [6, 6.07) is 23.7. The molecule has 0 aliphatic rings. The van der Waals surface area contributed by atoms with Gasteiger partial charge in [-0.25, -0.2) is 4.79 Å². The lowest BCUT2D eigenvalue weighted by Gasteiger charge is -2.11. The van der Waals surface area contributed by atoms with Crippen LogP contribution in [0, 0.1) is 0 Å². The molecule has 35 heavy (non-hydrogen) atoms. The van der Waals surface area contributed by atoms with Crippen LogP contribution < -0.4 is 16.2 Å². The van der Waals surface area contributed by atoms with Crippen LogP contribution in [0.4, 0.5) is 16.2 Å². The maximum absolute atomic E-state index is 13.1. The van der Waals surface area contributed by atoms with E-state index in [1.807, 2.05) is 55.5 Å². The normalized spacial score (nSPS) is 11.5. The predicted molar refractivity (Wildman–Crippen MR) is 138 cm³/mol. The molecule has 0 fully saturated rings. The molecule has 2 amide bonds. The number of pyridine rings is 2. The van der Waals surface area contributed by atoms with E-state index < -0.39 is 0 Å². The van der Waals surface area contributed by atoms with E-state index in [2.05, 4.69) is 15.6 Å². The first-order valence-corrected chi connectivity index (χ1v) is 11.3. The van der Waals surface area contributed by atoms with Gasteiger partial charge in [0.1, 0.15) is 6.29 Å². The van der Waals surface area contributed by atoms with Crippen LogP contribution in [-0.2, 0) is 11.3 Å². The van der Waals surface area contributed by atoms with Gasteiger partial charge in [0.25, 0.3) is 5.56 Å². The number of urea groups is 1. The van der Waals surface area contributed by atoms with Crippen molar-refractivity contribution in [1.29, 1.82) is 0 Å². The molecule has 2 heterocycles. The molecule has 7 heteroatoms. The average molecular weight is 467 g/mol. The number of amides is 2. The van der Waals surface area contributed by atoms with Crippen molar-refractivity contribution in [3.05, 3.63) is 113 Å². The molecule has 2 aromatic heterocycles. The number of aromatic nitrogens is 2. The molecule has 4 aromatic rings. The SMILES string of the molecule is C[C@H](CC=O)c1ccc(Cn2cccc(-c3ccc(NC(=O)Nc4ccccc4)cn3)c2=O)cc1. The molecule has 0 aliphatic heterocycles. The van der Waals surface area contributed by atoms with Crippen LogP contribution in [0.15, 0.2) is 96.1 Å². The van der Waals surface area contributed by atoms with Crippen LogP contribution in [-0.4, -0.2) is 21.9 Å². The highest BCUT2D eigenvalue weighted by molar-refractivity contribution is 5.99. The number of rotatable bonds is 8. The number of nitrogens with one attached hydrogen (secondary N) is 2. The minimum Gasteiger partial charge on any atom is -0.311 e. The average Bonchev–Trinajstić information content (AvgIpc) is 2.87. The Morgan fingerprint density at radius 2 is 1.69 bits per heavy atom. The molecule has 0 radical (unpaired) electrons. The molecule has 0 spiro atoms. The largest absolute Gasteiger partial charge is 0.323 e. The van der Waals surface area contributed by atoms with Gasteiger partial charge in [0, 0.05) is 18.3 Å². The Morgan fingerprint density at radius 1 is 0.943 bits per heavy atom. The smallest absolute Gasteiger partial charge is 0.311 e. The van der Waals surface area contributed by atoms with Gasteiger partial charge in [0.2, 0.25) is 0 Å². The fraction of sp³-hybridized carbons (Fsp3) is 0.143. The summed E-state index contributed by atoms with van der Waals surface area (Å²) in [4.78, 5) is 40.4. The van der Waals surface area contributed by atoms with Gasteiger partial charge in [0.15, 0.2) is 0 Å². The van der Waals surface area contributed by atoms with Gasteiger partial charge in [-0.2, -0.15) is 0 Å². The number of anilines is 2. The van der Waals surface area contributed by atoms with E-state index in [1.165, 1.54) is 6.20 Å².